The van der Waals surface area contributed by atoms with Gasteiger partial charge < -0.3 is 10.7 Å². The van der Waals surface area contributed by atoms with Gasteiger partial charge in [0.05, 0.1) is 11.0 Å². The summed E-state index contributed by atoms with van der Waals surface area (Å²) in [5.74, 6) is 0.957. The monoisotopic (exact) mass is 251 g/mol. The van der Waals surface area contributed by atoms with Crippen LogP contribution in [-0.4, -0.2) is 16.5 Å². The molecule has 0 unspecified atom stereocenters. The van der Waals surface area contributed by atoms with E-state index < -0.39 is 0 Å². The lowest BCUT2D eigenvalue weighted by molar-refractivity contribution is 0.900. The molecule has 0 spiro atoms. The van der Waals surface area contributed by atoms with Crippen molar-refractivity contribution in [1.82, 2.24) is 9.97 Å². The SMILES string of the molecule is Cc1ccc(-c2ccc3nc(CCN)[nH]c3c2)cc1. The number of hydrogen-bond acceptors (Lipinski definition) is 2. The van der Waals surface area contributed by atoms with Crippen molar-refractivity contribution >= 4 is 11.0 Å². The van der Waals surface area contributed by atoms with Gasteiger partial charge in [0.2, 0.25) is 0 Å². The van der Waals surface area contributed by atoms with Gasteiger partial charge in [-0.15, -0.1) is 0 Å². The third kappa shape index (κ3) is 2.37. The lowest BCUT2D eigenvalue weighted by atomic mass is 10.0. The minimum absolute atomic E-state index is 0.616. The Kier molecular flexibility index (Phi) is 3.05. The van der Waals surface area contributed by atoms with E-state index in [1.54, 1.807) is 0 Å². The van der Waals surface area contributed by atoms with Crippen LogP contribution in [0.25, 0.3) is 22.2 Å². The molecule has 3 heteroatoms. The van der Waals surface area contributed by atoms with Crippen LogP contribution in [0.3, 0.4) is 0 Å². The number of rotatable bonds is 3. The number of nitrogens with two attached hydrogens (primary N) is 1. The molecule has 3 rings (SSSR count). The molecule has 0 saturated carbocycles. The summed E-state index contributed by atoms with van der Waals surface area (Å²) >= 11 is 0. The number of nitrogens with zero attached hydrogens (tertiary/aromatic N) is 1. The summed E-state index contributed by atoms with van der Waals surface area (Å²) in [6, 6.07) is 14.9. The van der Waals surface area contributed by atoms with Crippen molar-refractivity contribution in [1.29, 1.82) is 0 Å². The molecule has 0 bridgehead atoms. The number of nitrogens with one attached hydrogen (secondary N) is 1. The van der Waals surface area contributed by atoms with Gasteiger partial charge in [-0.3, -0.25) is 0 Å². The molecule has 3 aromatic rings. The van der Waals surface area contributed by atoms with Gasteiger partial charge >= 0.3 is 0 Å². The molecule has 1 heterocycles. The minimum Gasteiger partial charge on any atom is -0.342 e. The maximum atomic E-state index is 5.56. The zero-order valence-corrected chi connectivity index (χ0v) is 11.0. The second-order valence-corrected chi connectivity index (χ2v) is 4.82. The quantitative estimate of drug-likeness (QED) is 0.751. The Morgan fingerprint density at radius 1 is 1.05 bits per heavy atom. The normalized spacial score (nSPS) is 11.1. The van der Waals surface area contributed by atoms with Crippen molar-refractivity contribution in [3.63, 3.8) is 0 Å². The highest BCUT2D eigenvalue weighted by Gasteiger charge is 2.04. The van der Waals surface area contributed by atoms with E-state index in [0.717, 1.165) is 23.3 Å². The van der Waals surface area contributed by atoms with E-state index in [-0.39, 0.29) is 0 Å². The molecule has 1 aromatic heterocycles. The van der Waals surface area contributed by atoms with E-state index in [0.29, 0.717) is 6.54 Å². The molecule has 2 aromatic carbocycles. The van der Waals surface area contributed by atoms with E-state index in [1.165, 1.54) is 16.7 Å². The van der Waals surface area contributed by atoms with Gasteiger partial charge in [0.1, 0.15) is 5.82 Å². The Labute approximate surface area is 112 Å². The molecule has 0 fully saturated rings. The highest BCUT2D eigenvalue weighted by atomic mass is 14.9. The molecule has 0 aliphatic carbocycles. The number of aromatic nitrogens is 2. The van der Waals surface area contributed by atoms with Crippen LogP contribution in [0.1, 0.15) is 11.4 Å². The predicted octanol–water partition coefficient (Wildman–Crippen LogP) is 3.04. The third-order valence-electron chi connectivity index (χ3n) is 3.30. The smallest absolute Gasteiger partial charge is 0.108 e. The Morgan fingerprint density at radius 3 is 2.53 bits per heavy atom. The summed E-state index contributed by atoms with van der Waals surface area (Å²) in [6.07, 6.45) is 0.786. The number of H-pyrrole nitrogens is 1. The first-order chi connectivity index (χ1) is 9.26. The first-order valence-corrected chi connectivity index (χ1v) is 6.52. The Morgan fingerprint density at radius 2 is 1.79 bits per heavy atom. The fourth-order valence-corrected chi connectivity index (χ4v) is 2.24. The molecule has 0 aliphatic rings. The molecule has 96 valence electrons. The van der Waals surface area contributed by atoms with Crippen molar-refractivity contribution in [3.05, 3.63) is 53.9 Å². The number of imidazole rings is 1. The van der Waals surface area contributed by atoms with Crippen LogP contribution in [0, 0.1) is 6.92 Å². The third-order valence-corrected chi connectivity index (χ3v) is 3.30. The lowest BCUT2D eigenvalue weighted by Gasteiger charge is -2.02. The van der Waals surface area contributed by atoms with Gasteiger partial charge in [-0.05, 0) is 36.7 Å². The fraction of sp³-hybridized carbons (Fsp3) is 0.188. The summed E-state index contributed by atoms with van der Waals surface area (Å²) in [6.45, 7) is 2.71. The lowest BCUT2D eigenvalue weighted by Crippen LogP contribution is -2.03. The van der Waals surface area contributed by atoms with Gasteiger partial charge in [0.15, 0.2) is 0 Å². The van der Waals surface area contributed by atoms with Gasteiger partial charge in [0.25, 0.3) is 0 Å². The second-order valence-electron chi connectivity index (χ2n) is 4.82. The molecule has 0 aliphatic heterocycles. The number of fused-ring (bicyclic) bond motifs is 1. The Balaban J connectivity index is 2.03. The van der Waals surface area contributed by atoms with E-state index >= 15 is 0 Å². The van der Waals surface area contributed by atoms with E-state index in [4.69, 9.17) is 5.73 Å². The zero-order chi connectivity index (χ0) is 13.2. The van der Waals surface area contributed by atoms with Crippen molar-refractivity contribution in [2.75, 3.05) is 6.54 Å². The zero-order valence-electron chi connectivity index (χ0n) is 11.0. The number of hydrogen-bond donors (Lipinski definition) is 2. The summed E-state index contributed by atoms with van der Waals surface area (Å²) in [4.78, 5) is 7.84. The standard InChI is InChI=1S/C16H17N3/c1-11-2-4-12(5-3-11)13-6-7-14-15(10-13)19-16(18-14)8-9-17/h2-7,10H,8-9,17H2,1H3,(H,18,19). The second kappa shape index (κ2) is 4.86. The van der Waals surface area contributed by atoms with Crippen LogP contribution in [0.15, 0.2) is 42.5 Å². The molecule has 0 saturated heterocycles. The van der Waals surface area contributed by atoms with Crippen LogP contribution < -0.4 is 5.73 Å². The van der Waals surface area contributed by atoms with Gasteiger partial charge in [0, 0.05) is 6.42 Å². The Bertz CT molecular complexity index is 696. The van der Waals surface area contributed by atoms with Crippen molar-refractivity contribution in [3.8, 4) is 11.1 Å². The van der Waals surface area contributed by atoms with E-state index in [1.807, 2.05) is 0 Å². The number of aromatic amines is 1. The molecule has 0 amide bonds. The van der Waals surface area contributed by atoms with Crippen LogP contribution >= 0.6 is 0 Å². The largest absolute Gasteiger partial charge is 0.342 e. The summed E-state index contributed by atoms with van der Waals surface area (Å²) < 4.78 is 0. The van der Waals surface area contributed by atoms with Crippen LogP contribution in [0.4, 0.5) is 0 Å². The van der Waals surface area contributed by atoms with Crippen LogP contribution in [-0.2, 0) is 6.42 Å². The van der Waals surface area contributed by atoms with Gasteiger partial charge in [-0.2, -0.15) is 0 Å². The molecule has 19 heavy (non-hydrogen) atoms. The summed E-state index contributed by atoms with van der Waals surface area (Å²) in [5.41, 5.74) is 11.3. The summed E-state index contributed by atoms with van der Waals surface area (Å²) in [5, 5.41) is 0. The minimum atomic E-state index is 0.616. The molecular formula is C16H17N3. The van der Waals surface area contributed by atoms with Crippen LogP contribution in [0.5, 0.6) is 0 Å². The van der Waals surface area contributed by atoms with Crippen molar-refractivity contribution in [2.24, 2.45) is 5.73 Å². The molecule has 3 nitrogen and oxygen atoms in total. The average molecular weight is 251 g/mol. The highest BCUT2D eigenvalue weighted by molar-refractivity contribution is 5.82. The van der Waals surface area contributed by atoms with Gasteiger partial charge in [-0.25, -0.2) is 4.98 Å². The number of benzene rings is 2. The van der Waals surface area contributed by atoms with E-state index in [9.17, 15) is 0 Å². The Hall–Kier alpha value is -2.13. The van der Waals surface area contributed by atoms with Crippen molar-refractivity contribution in [2.45, 2.75) is 13.3 Å². The molecule has 3 N–H and O–H groups in total. The van der Waals surface area contributed by atoms with Gasteiger partial charge in [-0.1, -0.05) is 35.9 Å². The molecular weight excluding hydrogens is 234 g/mol. The first kappa shape index (κ1) is 11.9. The molecule has 0 atom stereocenters. The summed E-state index contributed by atoms with van der Waals surface area (Å²) in [7, 11) is 0. The molecule has 0 radical (unpaired) electrons. The topological polar surface area (TPSA) is 54.7 Å². The maximum Gasteiger partial charge on any atom is 0.108 e. The fourth-order valence-electron chi connectivity index (χ4n) is 2.24. The van der Waals surface area contributed by atoms with Crippen LogP contribution in [0.2, 0.25) is 0 Å². The van der Waals surface area contributed by atoms with E-state index in [2.05, 4.69) is 59.4 Å². The van der Waals surface area contributed by atoms with Crippen molar-refractivity contribution < 1.29 is 0 Å². The average Bonchev–Trinajstić information content (AvgIpc) is 2.81. The predicted molar refractivity (Wildman–Crippen MR) is 79.0 cm³/mol. The first-order valence-electron chi connectivity index (χ1n) is 6.52. The maximum absolute atomic E-state index is 5.56. The highest BCUT2D eigenvalue weighted by Crippen LogP contribution is 2.23. The number of aryl methyl sites for hydroxylation is 1.